The van der Waals surface area contributed by atoms with Gasteiger partial charge in [0.1, 0.15) is 17.3 Å². The van der Waals surface area contributed by atoms with Crippen molar-refractivity contribution in [3.8, 4) is 0 Å². The second-order valence-electron chi connectivity index (χ2n) is 5.99. The zero-order chi connectivity index (χ0) is 20.3. The topological polar surface area (TPSA) is 84.5 Å². The Morgan fingerprint density at radius 2 is 1.93 bits per heavy atom. The Labute approximate surface area is 163 Å². The van der Waals surface area contributed by atoms with Gasteiger partial charge in [-0.1, -0.05) is 6.07 Å². The SMILES string of the molecule is C[C@@H](OC(=O)c1ccc2c(c1)NC(=O)CCS2)C(=O)Nc1c(F)cccc1F. The summed E-state index contributed by atoms with van der Waals surface area (Å²) in [7, 11) is 0. The van der Waals surface area contributed by atoms with Gasteiger partial charge in [0.15, 0.2) is 6.10 Å². The van der Waals surface area contributed by atoms with E-state index in [2.05, 4.69) is 10.6 Å². The molecule has 0 aliphatic carbocycles. The number of amides is 2. The molecule has 0 unspecified atom stereocenters. The monoisotopic (exact) mass is 406 g/mol. The molecule has 0 fully saturated rings. The molecule has 2 N–H and O–H groups in total. The Hall–Kier alpha value is -2.94. The maximum absolute atomic E-state index is 13.6. The minimum atomic E-state index is -1.30. The number of carbonyl (C=O) groups excluding carboxylic acids is 3. The van der Waals surface area contributed by atoms with Gasteiger partial charge in [0.25, 0.3) is 5.91 Å². The first-order valence-electron chi connectivity index (χ1n) is 8.37. The highest BCUT2D eigenvalue weighted by Crippen LogP contribution is 2.31. The predicted molar refractivity (Wildman–Crippen MR) is 100 cm³/mol. The second-order valence-corrected chi connectivity index (χ2v) is 7.13. The third-order valence-corrected chi connectivity index (χ3v) is 5.02. The van der Waals surface area contributed by atoms with Crippen LogP contribution in [0.4, 0.5) is 20.2 Å². The number of anilines is 2. The summed E-state index contributed by atoms with van der Waals surface area (Å²) in [6.45, 7) is 1.28. The van der Waals surface area contributed by atoms with Gasteiger partial charge in [-0.2, -0.15) is 0 Å². The van der Waals surface area contributed by atoms with Crippen LogP contribution in [0.5, 0.6) is 0 Å². The van der Waals surface area contributed by atoms with Crippen molar-refractivity contribution in [1.29, 1.82) is 0 Å². The van der Waals surface area contributed by atoms with Crippen LogP contribution >= 0.6 is 11.8 Å². The lowest BCUT2D eigenvalue weighted by atomic mass is 10.2. The van der Waals surface area contributed by atoms with E-state index in [9.17, 15) is 23.2 Å². The van der Waals surface area contributed by atoms with Crippen molar-refractivity contribution in [2.75, 3.05) is 16.4 Å². The molecule has 1 heterocycles. The van der Waals surface area contributed by atoms with Crippen LogP contribution in [0.15, 0.2) is 41.3 Å². The van der Waals surface area contributed by atoms with E-state index in [1.54, 1.807) is 6.07 Å². The summed E-state index contributed by atoms with van der Waals surface area (Å²) in [5.41, 5.74) is 0.0194. The van der Waals surface area contributed by atoms with Crippen LogP contribution in [0, 0.1) is 11.6 Å². The lowest BCUT2D eigenvalue weighted by molar-refractivity contribution is -0.123. The number of ether oxygens (including phenoxy) is 1. The normalized spacial score (nSPS) is 14.3. The Kier molecular flexibility index (Phi) is 5.93. The summed E-state index contributed by atoms with van der Waals surface area (Å²) in [5.74, 6) is -3.08. The number of thioether (sulfide) groups is 1. The molecule has 2 aromatic rings. The van der Waals surface area contributed by atoms with Crippen LogP contribution in [0.2, 0.25) is 0 Å². The van der Waals surface area contributed by atoms with E-state index >= 15 is 0 Å². The number of carbonyl (C=O) groups is 3. The number of nitrogens with one attached hydrogen (secondary N) is 2. The third kappa shape index (κ3) is 4.48. The molecule has 0 radical (unpaired) electrons. The van der Waals surface area contributed by atoms with Crippen LogP contribution in [-0.4, -0.2) is 29.6 Å². The summed E-state index contributed by atoms with van der Waals surface area (Å²) in [6, 6.07) is 7.83. The molecule has 3 rings (SSSR count). The van der Waals surface area contributed by atoms with Gasteiger partial charge < -0.3 is 15.4 Å². The largest absolute Gasteiger partial charge is 0.449 e. The molecule has 146 valence electrons. The highest BCUT2D eigenvalue weighted by atomic mass is 32.2. The minimum Gasteiger partial charge on any atom is -0.449 e. The average molecular weight is 406 g/mol. The van der Waals surface area contributed by atoms with E-state index in [-0.39, 0.29) is 11.5 Å². The molecule has 0 saturated carbocycles. The summed E-state index contributed by atoms with van der Waals surface area (Å²) >= 11 is 1.49. The number of para-hydroxylation sites is 1. The van der Waals surface area contributed by atoms with Crippen LogP contribution in [0.1, 0.15) is 23.7 Å². The third-order valence-electron chi connectivity index (χ3n) is 3.94. The van der Waals surface area contributed by atoms with Gasteiger partial charge in [0, 0.05) is 17.1 Å². The molecular weight excluding hydrogens is 390 g/mol. The Morgan fingerprint density at radius 3 is 2.64 bits per heavy atom. The maximum atomic E-state index is 13.6. The summed E-state index contributed by atoms with van der Waals surface area (Å²) in [5, 5.41) is 4.78. The number of halogens is 2. The fraction of sp³-hybridized carbons (Fsp3) is 0.211. The first kappa shape index (κ1) is 19.8. The molecule has 0 aromatic heterocycles. The van der Waals surface area contributed by atoms with E-state index in [0.29, 0.717) is 17.9 Å². The van der Waals surface area contributed by atoms with Gasteiger partial charge >= 0.3 is 5.97 Å². The highest BCUT2D eigenvalue weighted by Gasteiger charge is 2.23. The number of hydrogen-bond acceptors (Lipinski definition) is 5. The Bertz CT molecular complexity index is 931. The number of benzene rings is 2. The molecule has 1 aliphatic rings. The van der Waals surface area contributed by atoms with Crippen molar-refractivity contribution in [3.63, 3.8) is 0 Å². The average Bonchev–Trinajstić information content (AvgIpc) is 2.84. The molecule has 2 aromatic carbocycles. The number of rotatable bonds is 4. The molecular formula is C19H16F2N2O4S. The number of esters is 1. The smallest absolute Gasteiger partial charge is 0.338 e. The van der Waals surface area contributed by atoms with Crippen molar-refractivity contribution in [2.24, 2.45) is 0 Å². The number of hydrogen-bond donors (Lipinski definition) is 2. The highest BCUT2D eigenvalue weighted by molar-refractivity contribution is 7.99. The molecule has 1 atom stereocenters. The quantitative estimate of drug-likeness (QED) is 0.759. The fourth-order valence-corrected chi connectivity index (χ4v) is 3.41. The van der Waals surface area contributed by atoms with Crippen LogP contribution in [0.25, 0.3) is 0 Å². The summed E-state index contributed by atoms with van der Waals surface area (Å²) < 4.78 is 32.3. The lowest BCUT2D eigenvalue weighted by Crippen LogP contribution is -2.30. The van der Waals surface area contributed by atoms with E-state index < -0.39 is 35.3 Å². The zero-order valence-electron chi connectivity index (χ0n) is 14.8. The molecule has 2 amide bonds. The molecule has 0 bridgehead atoms. The second kappa shape index (κ2) is 8.39. The van der Waals surface area contributed by atoms with Crippen molar-refractivity contribution in [1.82, 2.24) is 0 Å². The standard InChI is InChI=1S/C19H16F2N2O4S/c1-10(18(25)23-17-12(20)3-2-4-13(17)21)27-19(26)11-5-6-15-14(9-11)22-16(24)7-8-28-15/h2-6,9-10H,7-8H2,1H3,(H,22,24)(H,23,25)/t10-/m1/s1. The first-order chi connectivity index (χ1) is 13.3. The van der Waals surface area contributed by atoms with Gasteiger partial charge in [-0.25, -0.2) is 13.6 Å². The molecule has 6 nitrogen and oxygen atoms in total. The Balaban J connectivity index is 1.69. The van der Waals surface area contributed by atoms with Crippen molar-refractivity contribution >= 4 is 40.9 Å². The maximum Gasteiger partial charge on any atom is 0.338 e. The molecule has 9 heteroatoms. The van der Waals surface area contributed by atoms with Gasteiger partial charge in [-0.05, 0) is 37.3 Å². The summed E-state index contributed by atoms with van der Waals surface area (Å²) in [4.78, 5) is 36.9. The van der Waals surface area contributed by atoms with Crippen molar-refractivity contribution < 1.29 is 27.9 Å². The van der Waals surface area contributed by atoms with E-state index in [1.807, 2.05) is 0 Å². The van der Waals surface area contributed by atoms with E-state index in [1.165, 1.54) is 36.9 Å². The molecule has 28 heavy (non-hydrogen) atoms. The zero-order valence-corrected chi connectivity index (χ0v) is 15.6. The molecule has 0 saturated heterocycles. The van der Waals surface area contributed by atoms with E-state index in [0.717, 1.165) is 17.0 Å². The van der Waals surface area contributed by atoms with Gasteiger partial charge in [-0.15, -0.1) is 11.8 Å². The van der Waals surface area contributed by atoms with E-state index in [4.69, 9.17) is 4.74 Å². The summed E-state index contributed by atoms with van der Waals surface area (Å²) in [6.07, 6.45) is -0.933. The van der Waals surface area contributed by atoms with Gasteiger partial charge in [0.2, 0.25) is 5.91 Å². The fourth-order valence-electron chi connectivity index (χ4n) is 2.47. The Morgan fingerprint density at radius 1 is 1.21 bits per heavy atom. The first-order valence-corrected chi connectivity index (χ1v) is 9.36. The number of fused-ring (bicyclic) bond motifs is 1. The van der Waals surface area contributed by atoms with Gasteiger partial charge in [0.05, 0.1) is 11.3 Å². The minimum absolute atomic E-state index is 0.137. The van der Waals surface area contributed by atoms with Crippen molar-refractivity contribution in [3.05, 3.63) is 53.6 Å². The van der Waals surface area contributed by atoms with Crippen LogP contribution in [-0.2, 0) is 14.3 Å². The van der Waals surface area contributed by atoms with Crippen molar-refractivity contribution in [2.45, 2.75) is 24.3 Å². The van der Waals surface area contributed by atoms with Crippen LogP contribution < -0.4 is 10.6 Å². The lowest BCUT2D eigenvalue weighted by Gasteiger charge is -2.15. The van der Waals surface area contributed by atoms with Gasteiger partial charge in [-0.3, -0.25) is 9.59 Å². The molecule has 1 aliphatic heterocycles. The van der Waals surface area contributed by atoms with Crippen LogP contribution in [0.3, 0.4) is 0 Å². The molecule has 0 spiro atoms. The predicted octanol–water partition coefficient (Wildman–Crippen LogP) is 3.58.